The van der Waals surface area contributed by atoms with Crippen molar-refractivity contribution in [2.24, 2.45) is 5.92 Å². The van der Waals surface area contributed by atoms with Crippen molar-refractivity contribution in [3.05, 3.63) is 24.3 Å². The summed E-state index contributed by atoms with van der Waals surface area (Å²) in [5.74, 6) is 2.21. The normalized spacial score (nSPS) is 12.5. The SMILES string of the molecule is COc1ccc(OCCCC(O)CC(C)C)cc1. The Hall–Kier alpha value is -1.22. The van der Waals surface area contributed by atoms with Gasteiger partial charge < -0.3 is 14.6 Å². The van der Waals surface area contributed by atoms with Crippen LogP contribution in [-0.4, -0.2) is 24.9 Å². The third-order valence-corrected chi connectivity index (χ3v) is 2.75. The molecule has 1 rings (SSSR count). The standard InChI is InChI=1S/C15H24O3/c1-12(2)11-13(16)5-4-10-18-15-8-6-14(17-3)7-9-15/h6-9,12-13,16H,4-5,10-11H2,1-3H3. The summed E-state index contributed by atoms with van der Waals surface area (Å²) in [6, 6.07) is 7.54. The molecule has 1 N–H and O–H groups in total. The third-order valence-electron chi connectivity index (χ3n) is 2.75. The fourth-order valence-corrected chi connectivity index (χ4v) is 1.84. The number of hydrogen-bond donors (Lipinski definition) is 1. The molecule has 0 heterocycles. The summed E-state index contributed by atoms with van der Waals surface area (Å²) in [5, 5.41) is 9.71. The van der Waals surface area contributed by atoms with Crippen LogP contribution in [0, 0.1) is 5.92 Å². The topological polar surface area (TPSA) is 38.7 Å². The first kappa shape index (κ1) is 14.8. The van der Waals surface area contributed by atoms with Gasteiger partial charge in [-0.25, -0.2) is 0 Å². The number of benzene rings is 1. The van der Waals surface area contributed by atoms with Crippen LogP contribution in [0.15, 0.2) is 24.3 Å². The van der Waals surface area contributed by atoms with Gasteiger partial charge in [0, 0.05) is 0 Å². The average molecular weight is 252 g/mol. The first-order valence-electron chi connectivity index (χ1n) is 6.56. The number of rotatable bonds is 8. The van der Waals surface area contributed by atoms with Crippen molar-refractivity contribution in [1.82, 2.24) is 0 Å². The molecular formula is C15H24O3. The minimum Gasteiger partial charge on any atom is -0.497 e. The average Bonchev–Trinajstić information content (AvgIpc) is 2.34. The van der Waals surface area contributed by atoms with Crippen LogP contribution < -0.4 is 9.47 Å². The second-order valence-electron chi connectivity index (χ2n) is 4.95. The Labute approximate surface area is 110 Å². The second-order valence-corrected chi connectivity index (χ2v) is 4.95. The summed E-state index contributed by atoms with van der Waals surface area (Å²) in [4.78, 5) is 0. The molecular weight excluding hydrogens is 228 g/mol. The van der Waals surface area contributed by atoms with Crippen molar-refractivity contribution >= 4 is 0 Å². The van der Waals surface area contributed by atoms with Crippen LogP contribution in [0.2, 0.25) is 0 Å². The maximum absolute atomic E-state index is 9.71. The van der Waals surface area contributed by atoms with Gasteiger partial charge in [0.25, 0.3) is 0 Å². The molecule has 3 heteroatoms. The van der Waals surface area contributed by atoms with Crippen LogP contribution in [0.1, 0.15) is 33.1 Å². The van der Waals surface area contributed by atoms with Crippen molar-refractivity contribution in [2.75, 3.05) is 13.7 Å². The summed E-state index contributed by atoms with van der Waals surface area (Å²) >= 11 is 0. The Morgan fingerprint density at radius 2 is 1.72 bits per heavy atom. The molecule has 3 nitrogen and oxygen atoms in total. The van der Waals surface area contributed by atoms with Gasteiger partial charge in [0.15, 0.2) is 0 Å². The highest BCUT2D eigenvalue weighted by molar-refractivity contribution is 5.31. The number of hydrogen-bond acceptors (Lipinski definition) is 3. The summed E-state index contributed by atoms with van der Waals surface area (Å²) in [7, 11) is 1.64. The lowest BCUT2D eigenvalue weighted by molar-refractivity contribution is 0.130. The van der Waals surface area contributed by atoms with E-state index in [0.717, 1.165) is 30.8 Å². The van der Waals surface area contributed by atoms with E-state index in [4.69, 9.17) is 9.47 Å². The molecule has 0 saturated carbocycles. The monoisotopic (exact) mass is 252 g/mol. The fraction of sp³-hybridized carbons (Fsp3) is 0.600. The first-order chi connectivity index (χ1) is 8.61. The van der Waals surface area contributed by atoms with E-state index in [9.17, 15) is 5.11 Å². The fourth-order valence-electron chi connectivity index (χ4n) is 1.84. The van der Waals surface area contributed by atoms with Gasteiger partial charge in [-0.1, -0.05) is 13.8 Å². The first-order valence-corrected chi connectivity index (χ1v) is 6.56. The lowest BCUT2D eigenvalue weighted by atomic mass is 10.0. The lowest BCUT2D eigenvalue weighted by Crippen LogP contribution is -2.11. The minimum atomic E-state index is -0.204. The molecule has 0 aliphatic carbocycles. The Morgan fingerprint density at radius 1 is 1.11 bits per heavy atom. The number of methoxy groups -OCH3 is 1. The maximum Gasteiger partial charge on any atom is 0.119 e. The number of aliphatic hydroxyl groups is 1. The van der Waals surface area contributed by atoms with Crippen LogP contribution >= 0.6 is 0 Å². The molecule has 0 fully saturated rings. The Kier molecular flexibility index (Phi) is 6.58. The summed E-state index contributed by atoms with van der Waals surface area (Å²) in [6.07, 6.45) is 2.33. The molecule has 0 spiro atoms. The Bertz CT molecular complexity index is 319. The number of aliphatic hydroxyl groups excluding tert-OH is 1. The smallest absolute Gasteiger partial charge is 0.119 e. The Morgan fingerprint density at radius 3 is 2.28 bits per heavy atom. The molecule has 1 unspecified atom stereocenters. The molecule has 1 aromatic carbocycles. The van der Waals surface area contributed by atoms with Crippen LogP contribution in [0.4, 0.5) is 0 Å². The highest BCUT2D eigenvalue weighted by atomic mass is 16.5. The molecule has 102 valence electrons. The van der Waals surface area contributed by atoms with E-state index in [0.29, 0.717) is 12.5 Å². The molecule has 18 heavy (non-hydrogen) atoms. The largest absolute Gasteiger partial charge is 0.497 e. The van der Waals surface area contributed by atoms with Crippen LogP contribution in [0.25, 0.3) is 0 Å². The zero-order chi connectivity index (χ0) is 13.4. The molecule has 0 saturated heterocycles. The number of ether oxygens (including phenoxy) is 2. The van der Waals surface area contributed by atoms with Crippen molar-refractivity contribution in [3.8, 4) is 11.5 Å². The van der Waals surface area contributed by atoms with Crippen molar-refractivity contribution < 1.29 is 14.6 Å². The van der Waals surface area contributed by atoms with E-state index in [2.05, 4.69) is 13.8 Å². The van der Waals surface area contributed by atoms with E-state index in [-0.39, 0.29) is 6.10 Å². The van der Waals surface area contributed by atoms with Gasteiger partial charge in [0.2, 0.25) is 0 Å². The van der Waals surface area contributed by atoms with Gasteiger partial charge in [0.1, 0.15) is 11.5 Å². The molecule has 0 aliphatic rings. The molecule has 0 bridgehead atoms. The Balaban J connectivity index is 2.17. The zero-order valence-corrected chi connectivity index (χ0v) is 11.6. The van der Waals surface area contributed by atoms with E-state index in [1.807, 2.05) is 24.3 Å². The highest BCUT2D eigenvalue weighted by Gasteiger charge is 2.06. The molecule has 1 aromatic rings. The second kappa shape index (κ2) is 7.98. The van der Waals surface area contributed by atoms with Gasteiger partial charge in [-0.05, 0) is 49.4 Å². The third kappa shape index (κ3) is 5.92. The van der Waals surface area contributed by atoms with Gasteiger partial charge in [-0.15, -0.1) is 0 Å². The highest BCUT2D eigenvalue weighted by Crippen LogP contribution is 2.17. The van der Waals surface area contributed by atoms with Crippen molar-refractivity contribution in [2.45, 2.75) is 39.2 Å². The lowest BCUT2D eigenvalue weighted by Gasteiger charge is -2.13. The van der Waals surface area contributed by atoms with E-state index in [1.165, 1.54) is 0 Å². The predicted molar refractivity (Wildman–Crippen MR) is 73.2 cm³/mol. The molecule has 0 amide bonds. The van der Waals surface area contributed by atoms with Gasteiger partial charge in [-0.2, -0.15) is 0 Å². The van der Waals surface area contributed by atoms with Gasteiger partial charge in [0.05, 0.1) is 19.8 Å². The molecule has 0 radical (unpaired) electrons. The van der Waals surface area contributed by atoms with Gasteiger partial charge >= 0.3 is 0 Å². The summed E-state index contributed by atoms with van der Waals surface area (Å²) in [6.45, 7) is 4.88. The zero-order valence-electron chi connectivity index (χ0n) is 11.6. The van der Waals surface area contributed by atoms with Crippen LogP contribution in [-0.2, 0) is 0 Å². The molecule has 0 aromatic heterocycles. The van der Waals surface area contributed by atoms with E-state index in [1.54, 1.807) is 7.11 Å². The van der Waals surface area contributed by atoms with E-state index < -0.39 is 0 Å². The van der Waals surface area contributed by atoms with Crippen molar-refractivity contribution in [3.63, 3.8) is 0 Å². The van der Waals surface area contributed by atoms with Crippen LogP contribution in [0.3, 0.4) is 0 Å². The quantitative estimate of drug-likeness (QED) is 0.722. The van der Waals surface area contributed by atoms with Crippen LogP contribution in [0.5, 0.6) is 11.5 Å². The molecule has 1 atom stereocenters. The molecule has 0 aliphatic heterocycles. The van der Waals surface area contributed by atoms with Crippen molar-refractivity contribution in [1.29, 1.82) is 0 Å². The summed E-state index contributed by atoms with van der Waals surface area (Å²) in [5.41, 5.74) is 0. The van der Waals surface area contributed by atoms with E-state index >= 15 is 0 Å². The summed E-state index contributed by atoms with van der Waals surface area (Å²) < 4.78 is 10.7. The van der Waals surface area contributed by atoms with Gasteiger partial charge in [-0.3, -0.25) is 0 Å². The predicted octanol–water partition coefficient (Wildman–Crippen LogP) is 3.26. The maximum atomic E-state index is 9.71. The minimum absolute atomic E-state index is 0.204.